The minimum absolute atomic E-state index is 0.0192. The number of thiophene rings is 1. The van der Waals surface area contributed by atoms with E-state index < -0.39 is 23.7 Å². The number of hydrogen-bond acceptors (Lipinski definition) is 7. The number of nitrogens with one attached hydrogen (secondary N) is 1. The third-order valence-electron chi connectivity index (χ3n) is 5.26. The minimum atomic E-state index is -1.17. The van der Waals surface area contributed by atoms with Gasteiger partial charge in [-0.1, -0.05) is 15.9 Å². The van der Waals surface area contributed by atoms with Crippen LogP contribution in [0.1, 0.15) is 40.6 Å². The van der Waals surface area contributed by atoms with Crippen LogP contribution in [0.4, 0.5) is 10.7 Å². The highest BCUT2D eigenvalue weighted by molar-refractivity contribution is 9.10. The smallest absolute Gasteiger partial charge is 0.341 e. The molecule has 0 radical (unpaired) electrons. The van der Waals surface area contributed by atoms with Crippen LogP contribution in [0.2, 0.25) is 0 Å². The van der Waals surface area contributed by atoms with Gasteiger partial charge in [0.15, 0.2) is 11.0 Å². The number of aliphatic imine (C=N–C) groups is 1. The van der Waals surface area contributed by atoms with Crippen molar-refractivity contribution in [1.82, 2.24) is 5.32 Å². The Morgan fingerprint density at radius 1 is 1.31 bits per heavy atom. The summed E-state index contributed by atoms with van der Waals surface area (Å²) in [7, 11) is 0. The van der Waals surface area contributed by atoms with Crippen molar-refractivity contribution in [2.45, 2.75) is 32.6 Å². The number of esters is 1. The van der Waals surface area contributed by atoms with Crippen LogP contribution in [-0.4, -0.2) is 35.7 Å². The molecule has 1 atom stereocenters. The highest BCUT2D eigenvalue weighted by Crippen LogP contribution is 2.40. The lowest BCUT2D eigenvalue weighted by Gasteiger charge is -2.30. The molecule has 10 heteroatoms. The standard InChI is InChI=1S/C22H20BrN3O4S2/c1-2-30-21(29)17-14-5-3-4-6-16(14)32-19(17)24-11-15-18(27)25-22(31)26(20(15)28)13-9-7-12(23)8-10-13/h7-11,15H,2-6H2,1H3,(H,25,27,31)/t15-/m1/s1. The highest BCUT2D eigenvalue weighted by Gasteiger charge is 2.38. The number of halogens is 1. The summed E-state index contributed by atoms with van der Waals surface area (Å²) < 4.78 is 6.10. The first-order valence-electron chi connectivity index (χ1n) is 10.2. The summed E-state index contributed by atoms with van der Waals surface area (Å²) in [5, 5.41) is 3.06. The fourth-order valence-corrected chi connectivity index (χ4v) is 5.54. The largest absolute Gasteiger partial charge is 0.462 e. The number of carbonyl (C=O) groups is 3. The van der Waals surface area contributed by atoms with E-state index in [9.17, 15) is 14.4 Å². The summed E-state index contributed by atoms with van der Waals surface area (Å²) in [6.45, 7) is 2.01. The number of ether oxygens (including phenoxy) is 1. The Morgan fingerprint density at radius 3 is 2.75 bits per heavy atom. The van der Waals surface area contributed by atoms with Gasteiger partial charge in [0.1, 0.15) is 5.00 Å². The summed E-state index contributed by atoms with van der Waals surface area (Å²) in [6, 6.07) is 7.03. The van der Waals surface area contributed by atoms with Gasteiger partial charge in [-0.05, 0) is 74.7 Å². The maximum absolute atomic E-state index is 13.2. The first-order chi connectivity index (χ1) is 15.4. The van der Waals surface area contributed by atoms with Crippen molar-refractivity contribution in [3.8, 4) is 0 Å². The number of benzene rings is 1. The molecule has 2 heterocycles. The Hall–Kier alpha value is -2.43. The average Bonchev–Trinajstić information content (AvgIpc) is 3.13. The summed E-state index contributed by atoms with van der Waals surface area (Å²) in [6.07, 6.45) is 5.04. The molecule has 2 aliphatic rings. The molecule has 1 aromatic carbocycles. The molecule has 0 unspecified atom stereocenters. The number of nitrogens with zero attached hydrogens (tertiary/aromatic N) is 2. The zero-order chi connectivity index (χ0) is 22.8. The number of hydrogen-bond donors (Lipinski definition) is 1. The van der Waals surface area contributed by atoms with Gasteiger partial charge in [-0.2, -0.15) is 0 Å². The minimum Gasteiger partial charge on any atom is -0.462 e. The van der Waals surface area contributed by atoms with E-state index in [0.717, 1.165) is 40.6 Å². The van der Waals surface area contributed by atoms with E-state index >= 15 is 0 Å². The van der Waals surface area contributed by atoms with Crippen LogP contribution in [-0.2, 0) is 27.2 Å². The van der Waals surface area contributed by atoms with Gasteiger partial charge in [0.25, 0.3) is 5.91 Å². The summed E-state index contributed by atoms with van der Waals surface area (Å²) >= 11 is 10.0. The van der Waals surface area contributed by atoms with Crippen LogP contribution in [0.15, 0.2) is 33.7 Å². The molecule has 2 amide bonds. The maximum Gasteiger partial charge on any atom is 0.341 e. The molecule has 1 saturated heterocycles. The Bertz CT molecular complexity index is 1130. The molecule has 1 aromatic heterocycles. The third kappa shape index (κ3) is 4.39. The zero-order valence-corrected chi connectivity index (χ0v) is 20.4. The number of fused-ring (bicyclic) bond motifs is 1. The van der Waals surface area contributed by atoms with Gasteiger partial charge in [-0.3, -0.25) is 14.5 Å². The predicted octanol–water partition coefficient (Wildman–Crippen LogP) is 4.33. The topological polar surface area (TPSA) is 88.1 Å². The SMILES string of the molecule is CCOC(=O)c1c(N=C[C@@H]2C(=O)NC(=S)N(c3ccc(Br)cc3)C2=O)sc2c1CCCC2. The molecular weight excluding hydrogens is 514 g/mol. The Morgan fingerprint density at radius 2 is 2.03 bits per heavy atom. The van der Waals surface area contributed by atoms with Gasteiger partial charge in [-0.15, -0.1) is 11.3 Å². The van der Waals surface area contributed by atoms with Gasteiger partial charge < -0.3 is 10.1 Å². The molecular formula is C22H20BrN3O4S2. The van der Waals surface area contributed by atoms with E-state index in [0.29, 0.717) is 16.3 Å². The molecule has 1 fully saturated rings. The molecule has 0 saturated carbocycles. The van der Waals surface area contributed by atoms with Crippen molar-refractivity contribution in [1.29, 1.82) is 0 Å². The fraction of sp³-hybridized carbons (Fsp3) is 0.318. The monoisotopic (exact) mass is 533 g/mol. The molecule has 1 N–H and O–H groups in total. The predicted molar refractivity (Wildman–Crippen MR) is 131 cm³/mol. The van der Waals surface area contributed by atoms with Crippen LogP contribution in [0.25, 0.3) is 0 Å². The lowest BCUT2D eigenvalue weighted by molar-refractivity contribution is -0.130. The highest BCUT2D eigenvalue weighted by atomic mass is 79.9. The van der Waals surface area contributed by atoms with Gasteiger partial charge in [0, 0.05) is 15.6 Å². The maximum atomic E-state index is 13.2. The number of amides is 2. The van der Waals surface area contributed by atoms with Gasteiger partial charge >= 0.3 is 5.97 Å². The second-order valence-corrected chi connectivity index (χ2v) is 9.70. The fourth-order valence-electron chi connectivity index (χ4n) is 3.75. The molecule has 0 spiro atoms. The first-order valence-corrected chi connectivity index (χ1v) is 12.2. The van der Waals surface area contributed by atoms with Crippen molar-refractivity contribution in [2.24, 2.45) is 10.9 Å². The number of anilines is 1. The van der Waals surface area contributed by atoms with Gasteiger partial charge in [0.05, 0.1) is 17.9 Å². The molecule has 32 heavy (non-hydrogen) atoms. The molecule has 4 rings (SSSR count). The molecule has 7 nitrogen and oxygen atoms in total. The molecule has 166 valence electrons. The van der Waals surface area contributed by atoms with Crippen LogP contribution in [0.5, 0.6) is 0 Å². The van der Waals surface area contributed by atoms with Crippen LogP contribution >= 0.6 is 39.5 Å². The zero-order valence-electron chi connectivity index (χ0n) is 17.2. The Balaban J connectivity index is 1.66. The Kier molecular flexibility index (Phi) is 6.82. The van der Waals surface area contributed by atoms with Gasteiger partial charge in [-0.25, -0.2) is 9.79 Å². The van der Waals surface area contributed by atoms with Crippen molar-refractivity contribution in [2.75, 3.05) is 11.5 Å². The molecule has 1 aliphatic heterocycles. The average molecular weight is 534 g/mol. The summed E-state index contributed by atoms with van der Waals surface area (Å²) in [5.41, 5.74) is 1.97. The Labute approximate surface area is 203 Å². The lowest BCUT2D eigenvalue weighted by Crippen LogP contribution is -2.58. The van der Waals surface area contributed by atoms with E-state index in [1.165, 1.54) is 22.5 Å². The van der Waals surface area contributed by atoms with Crippen LogP contribution in [0.3, 0.4) is 0 Å². The van der Waals surface area contributed by atoms with Crippen molar-refractivity contribution >= 4 is 79.3 Å². The first kappa shape index (κ1) is 22.8. The number of aryl methyl sites for hydroxylation is 1. The summed E-state index contributed by atoms with van der Waals surface area (Å²) in [4.78, 5) is 45.2. The van der Waals surface area contributed by atoms with Crippen molar-refractivity contribution in [3.63, 3.8) is 0 Å². The lowest BCUT2D eigenvalue weighted by atomic mass is 9.95. The van der Waals surface area contributed by atoms with E-state index in [-0.39, 0.29) is 11.7 Å². The van der Waals surface area contributed by atoms with Crippen LogP contribution < -0.4 is 10.2 Å². The van der Waals surface area contributed by atoms with Crippen molar-refractivity contribution in [3.05, 3.63) is 44.7 Å². The van der Waals surface area contributed by atoms with Crippen LogP contribution in [0, 0.1) is 5.92 Å². The number of carbonyl (C=O) groups excluding carboxylic acids is 3. The van der Waals surface area contributed by atoms with Gasteiger partial charge in [0.2, 0.25) is 5.91 Å². The molecule has 1 aliphatic carbocycles. The van der Waals surface area contributed by atoms with E-state index in [2.05, 4.69) is 26.2 Å². The normalized spacial score (nSPS) is 18.6. The van der Waals surface area contributed by atoms with E-state index in [4.69, 9.17) is 17.0 Å². The second kappa shape index (κ2) is 9.60. The molecule has 2 aromatic rings. The summed E-state index contributed by atoms with van der Waals surface area (Å²) in [5.74, 6) is -2.63. The number of thiocarbonyl (C=S) groups is 1. The number of rotatable bonds is 5. The third-order valence-corrected chi connectivity index (χ3v) is 7.27. The van der Waals surface area contributed by atoms with E-state index in [1.807, 2.05) is 0 Å². The van der Waals surface area contributed by atoms with E-state index in [1.54, 1.807) is 31.2 Å². The quantitative estimate of drug-likeness (QED) is 0.267. The van der Waals surface area contributed by atoms with Crippen molar-refractivity contribution < 1.29 is 19.1 Å². The molecule has 0 bridgehead atoms. The second-order valence-electron chi connectivity index (χ2n) is 7.31.